The number of aromatic nitrogens is 3. The van der Waals surface area contributed by atoms with E-state index in [0.29, 0.717) is 0 Å². The van der Waals surface area contributed by atoms with Crippen LogP contribution in [0.15, 0.2) is 35.5 Å². The third-order valence-corrected chi connectivity index (χ3v) is 4.93. The number of hydrogen-bond acceptors (Lipinski definition) is 5. The van der Waals surface area contributed by atoms with Gasteiger partial charge in [-0.2, -0.15) is 5.26 Å². The van der Waals surface area contributed by atoms with Crippen molar-refractivity contribution in [3.8, 4) is 11.8 Å². The van der Waals surface area contributed by atoms with Crippen LogP contribution in [-0.4, -0.2) is 38.0 Å². The van der Waals surface area contributed by atoms with Crippen molar-refractivity contribution in [3.05, 3.63) is 36.2 Å². The Labute approximate surface area is 141 Å². The second-order valence-electron chi connectivity index (χ2n) is 5.80. The van der Waals surface area contributed by atoms with E-state index in [0.717, 1.165) is 36.3 Å². The fourth-order valence-electron chi connectivity index (χ4n) is 2.82. The molecule has 1 aliphatic rings. The van der Waals surface area contributed by atoms with E-state index in [2.05, 4.69) is 37.9 Å². The Morgan fingerprint density at radius 2 is 1.91 bits per heavy atom. The smallest absolute Gasteiger partial charge is 0.197 e. The summed E-state index contributed by atoms with van der Waals surface area (Å²) in [5, 5.41) is 18.5. The maximum absolute atomic E-state index is 9.09. The minimum absolute atomic E-state index is 0.149. The Bertz CT molecular complexity index is 670. The average molecular weight is 327 g/mol. The lowest BCUT2D eigenvalue weighted by molar-refractivity contribution is 0.214. The molecule has 120 valence electrons. The van der Waals surface area contributed by atoms with E-state index in [1.165, 1.54) is 31.0 Å². The third-order valence-electron chi connectivity index (χ3n) is 3.99. The summed E-state index contributed by atoms with van der Waals surface area (Å²) in [6, 6.07) is 12.4. The first-order valence-corrected chi connectivity index (χ1v) is 8.94. The molecule has 23 heavy (non-hydrogen) atoms. The van der Waals surface area contributed by atoms with Gasteiger partial charge in [-0.15, -0.1) is 10.2 Å². The predicted molar refractivity (Wildman–Crippen MR) is 91.4 cm³/mol. The number of rotatable bonds is 5. The van der Waals surface area contributed by atoms with Crippen LogP contribution in [0.3, 0.4) is 0 Å². The highest BCUT2D eigenvalue weighted by atomic mass is 32.2. The minimum Gasteiger partial charge on any atom is -0.296 e. The van der Waals surface area contributed by atoms with E-state index in [1.54, 1.807) is 0 Å². The third kappa shape index (κ3) is 3.92. The van der Waals surface area contributed by atoms with E-state index in [9.17, 15) is 0 Å². The molecule has 0 spiro atoms. The number of hydrogen-bond donors (Lipinski definition) is 0. The zero-order valence-electron chi connectivity index (χ0n) is 13.4. The van der Waals surface area contributed by atoms with Gasteiger partial charge in [0.1, 0.15) is 0 Å². The van der Waals surface area contributed by atoms with Gasteiger partial charge >= 0.3 is 0 Å². The molecule has 2 heterocycles. The Kier molecular flexibility index (Phi) is 5.31. The highest BCUT2D eigenvalue weighted by Gasteiger charge is 2.19. The molecule has 0 aliphatic carbocycles. The van der Waals surface area contributed by atoms with Gasteiger partial charge in [0.2, 0.25) is 0 Å². The molecule has 1 aromatic carbocycles. The first kappa shape index (κ1) is 16.0. The molecule has 0 amide bonds. The lowest BCUT2D eigenvalue weighted by Gasteiger charge is -2.26. The molecular formula is C17H21N5S. The fourth-order valence-corrected chi connectivity index (χ4v) is 3.59. The molecule has 1 saturated heterocycles. The summed E-state index contributed by atoms with van der Waals surface area (Å²) in [6.45, 7) is 4.94. The van der Waals surface area contributed by atoms with Crippen LogP contribution >= 0.6 is 11.8 Å². The van der Waals surface area contributed by atoms with Crippen LogP contribution in [0.2, 0.25) is 0 Å². The van der Waals surface area contributed by atoms with Crippen LogP contribution in [0, 0.1) is 11.3 Å². The molecular weight excluding hydrogens is 306 g/mol. The molecule has 1 atom stereocenters. The summed E-state index contributed by atoms with van der Waals surface area (Å²) < 4.78 is 2.09. The normalized spacial score (nSPS) is 16.9. The second kappa shape index (κ2) is 7.62. The second-order valence-corrected chi connectivity index (χ2v) is 7.10. The predicted octanol–water partition coefficient (Wildman–Crippen LogP) is 3.26. The molecule has 1 unspecified atom stereocenters. The number of thioether (sulfide) groups is 1. The monoisotopic (exact) mass is 327 g/mol. The number of likely N-dealkylation sites (tertiary alicyclic amines) is 1. The van der Waals surface area contributed by atoms with Crippen LogP contribution in [0.5, 0.6) is 0 Å². The van der Waals surface area contributed by atoms with Gasteiger partial charge < -0.3 is 0 Å². The summed E-state index contributed by atoms with van der Waals surface area (Å²) in [5.41, 5.74) is 1.05. The van der Waals surface area contributed by atoms with Gasteiger partial charge in [0.25, 0.3) is 0 Å². The highest BCUT2D eigenvalue weighted by Crippen LogP contribution is 2.26. The Morgan fingerprint density at radius 1 is 1.17 bits per heavy atom. The van der Waals surface area contributed by atoms with Crippen molar-refractivity contribution < 1.29 is 0 Å². The van der Waals surface area contributed by atoms with Crippen molar-refractivity contribution in [2.75, 3.05) is 13.1 Å². The molecule has 5 nitrogen and oxygen atoms in total. The van der Waals surface area contributed by atoms with Crippen molar-refractivity contribution in [1.82, 2.24) is 19.7 Å². The van der Waals surface area contributed by atoms with Gasteiger partial charge in [0, 0.05) is 5.69 Å². The van der Waals surface area contributed by atoms with Crippen molar-refractivity contribution in [2.24, 2.45) is 0 Å². The summed E-state index contributed by atoms with van der Waals surface area (Å²) in [7, 11) is 0. The standard InChI is InChI=1S/C17H21N5S/c1-14(12-18)23-17-20-19-16(13-21-10-6-3-7-11-21)22(17)15-8-4-2-5-9-15/h2,4-5,8-9,14H,3,6-7,10-11,13H2,1H3. The van der Waals surface area contributed by atoms with E-state index in [-0.39, 0.29) is 5.25 Å². The number of benzene rings is 1. The lowest BCUT2D eigenvalue weighted by Crippen LogP contribution is -2.30. The Balaban J connectivity index is 1.90. The van der Waals surface area contributed by atoms with Crippen molar-refractivity contribution >= 4 is 11.8 Å². The highest BCUT2D eigenvalue weighted by molar-refractivity contribution is 8.00. The zero-order chi connectivity index (χ0) is 16.1. The number of para-hydroxylation sites is 1. The first-order chi connectivity index (χ1) is 11.3. The number of piperidine rings is 1. The van der Waals surface area contributed by atoms with Crippen molar-refractivity contribution in [3.63, 3.8) is 0 Å². The molecule has 1 aromatic heterocycles. The van der Waals surface area contributed by atoms with Crippen LogP contribution < -0.4 is 0 Å². The summed E-state index contributed by atoms with van der Waals surface area (Å²) >= 11 is 1.46. The molecule has 0 N–H and O–H groups in total. The fraction of sp³-hybridized carbons (Fsp3) is 0.471. The Hall–Kier alpha value is -1.84. The molecule has 2 aromatic rings. The van der Waals surface area contributed by atoms with E-state index >= 15 is 0 Å². The van der Waals surface area contributed by atoms with Crippen LogP contribution in [0.4, 0.5) is 0 Å². The van der Waals surface area contributed by atoms with Gasteiger partial charge in [-0.05, 0) is 45.0 Å². The van der Waals surface area contributed by atoms with Gasteiger partial charge in [-0.1, -0.05) is 36.4 Å². The maximum Gasteiger partial charge on any atom is 0.197 e. The minimum atomic E-state index is -0.149. The van der Waals surface area contributed by atoms with Gasteiger partial charge in [-0.3, -0.25) is 9.47 Å². The molecule has 0 bridgehead atoms. The van der Waals surface area contributed by atoms with Gasteiger partial charge in [0.15, 0.2) is 11.0 Å². The van der Waals surface area contributed by atoms with E-state index in [1.807, 2.05) is 25.1 Å². The molecule has 0 saturated carbocycles. The molecule has 6 heteroatoms. The average Bonchev–Trinajstić information content (AvgIpc) is 2.98. The van der Waals surface area contributed by atoms with Gasteiger partial charge in [-0.25, -0.2) is 0 Å². The van der Waals surface area contributed by atoms with Crippen LogP contribution in [0.25, 0.3) is 5.69 Å². The molecule has 0 radical (unpaired) electrons. The quantitative estimate of drug-likeness (QED) is 0.789. The lowest BCUT2D eigenvalue weighted by atomic mass is 10.1. The zero-order valence-corrected chi connectivity index (χ0v) is 14.2. The molecule has 1 fully saturated rings. The summed E-state index contributed by atoms with van der Waals surface area (Å²) in [5.74, 6) is 0.950. The SMILES string of the molecule is CC(C#N)Sc1nnc(CN2CCCCC2)n1-c1ccccc1. The van der Waals surface area contributed by atoms with Gasteiger partial charge in [0.05, 0.1) is 17.9 Å². The molecule has 1 aliphatic heterocycles. The van der Waals surface area contributed by atoms with E-state index < -0.39 is 0 Å². The summed E-state index contributed by atoms with van der Waals surface area (Å²) in [6.07, 6.45) is 3.84. The maximum atomic E-state index is 9.09. The summed E-state index contributed by atoms with van der Waals surface area (Å²) in [4.78, 5) is 2.44. The Morgan fingerprint density at radius 3 is 2.61 bits per heavy atom. The first-order valence-electron chi connectivity index (χ1n) is 8.06. The van der Waals surface area contributed by atoms with Crippen molar-refractivity contribution in [1.29, 1.82) is 5.26 Å². The topological polar surface area (TPSA) is 57.7 Å². The van der Waals surface area contributed by atoms with E-state index in [4.69, 9.17) is 5.26 Å². The number of nitrogens with zero attached hydrogens (tertiary/aromatic N) is 5. The molecule has 3 rings (SSSR count). The van der Waals surface area contributed by atoms with Crippen LogP contribution in [0.1, 0.15) is 32.0 Å². The largest absolute Gasteiger partial charge is 0.296 e. The number of nitriles is 1. The van der Waals surface area contributed by atoms with Crippen LogP contribution in [-0.2, 0) is 6.54 Å². The van der Waals surface area contributed by atoms with Crippen molar-refractivity contribution in [2.45, 2.75) is 43.1 Å².